The lowest BCUT2D eigenvalue weighted by Crippen LogP contribution is -2.51. The van der Waals surface area contributed by atoms with Crippen LogP contribution in [0.4, 0.5) is 10.5 Å². The first-order valence-electron chi connectivity index (χ1n) is 6.17. The average Bonchev–Trinajstić information content (AvgIpc) is 2.46. The third kappa shape index (κ3) is 2.78. The van der Waals surface area contributed by atoms with E-state index in [4.69, 9.17) is 0 Å². The van der Waals surface area contributed by atoms with Crippen molar-refractivity contribution in [1.82, 2.24) is 10.2 Å². The Hall–Kier alpha value is -2.24. The zero-order valence-electron chi connectivity index (χ0n) is 10.8. The number of nitrogens with one attached hydrogen (secondary N) is 1. The van der Waals surface area contributed by atoms with Crippen molar-refractivity contribution in [2.24, 2.45) is 0 Å². The molecule has 1 heterocycles. The van der Waals surface area contributed by atoms with Crippen LogP contribution < -0.4 is 10.2 Å². The number of carbonyl (C=O) groups excluding carboxylic acids is 1. The van der Waals surface area contributed by atoms with Crippen molar-refractivity contribution >= 4 is 17.7 Å². The van der Waals surface area contributed by atoms with Crippen molar-refractivity contribution < 1.29 is 14.7 Å². The number of para-hydroxylation sites is 1. The molecule has 6 heteroatoms. The molecule has 0 aliphatic carbocycles. The van der Waals surface area contributed by atoms with Gasteiger partial charge in [0, 0.05) is 33.2 Å². The molecular weight excluding hydrogens is 246 g/mol. The first-order valence-corrected chi connectivity index (χ1v) is 6.17. The summed E-state index contributed by atoms with van der Waals surface area (Å²) in [6, 6.07) is 6.86. The summed E-state index contributed by atoms with van der Waals surface area (Å²) in [4.78, 5) is 26.4. The maximum absolute atomic E-state index is 11.5. The minimum absolute atomic E-state index is 0.0915. The Bertz CT molecular complexity index is 482. The van der Waals surface area contributed by atoms with E-state index >= 15 is 0 Å². The maximum atomic E-state index is 11.5. The normalized spacial score (nSPS) is 15.2. The number of rotatable bonds is 2. The molecule has 1 aliphatic heterocycles. The Kier molecular flexibility index (Phi) is 3.89. The van der Waals surface area contributed by atoms with Crippen molar-refractivity contribution in [1.29, 1.82) is 0 Å². The van der Waals surface area contributed by atoms with E-state index in [1.54, 1.807) is 30.1 Å². The molecule has 102 valence electrons. The summed E-state index contributed by atoms with van der Waals surface area (Å²) >= 11 is 0. The Morgan fingerprint density at radius 1 is 1.16 bits per heavy atom. The van der Waals surface area contributed by atoms with Crippen LogP contribution in [0.1, 0.15) is 10.4 Å². The minimum Gasteiger partial charge on any atom is -0.478 e. The number of carbonyl (C=O) groups is 2. The quantitative estimate of drug-likeness (QED) is 0.829. The summed E-state index contributed by atoms with van der Waals surface area (Å²) in [5, 5.41) is 11.8. The van der Waals surface area contributed by atoms with Crippen LogP contribution >= 0.6 is 0 Å². The third-order valence-electron chi connectivity index (χ3n) is 3.26. The van der Waals surface area contributed by atoms with Gasteiger partial charge in [-0.15, -0.1) is 0 Å². The van der Waals surface area contributed by atoms with E-state index in [9.17, 15) is 14.7 Å². The molecule has 1 aliphatic rings. The Balaban J connectivity index is 2.10. The summed E-state index contributed by atoms with van der Waals surface area (Å²) in [5.41, 5.74) is 1.02. The Morgan fingerprint density at radius 2 is 1.79 bits per heavy atom. The van der Waals surface area contributed by atoms with Crippen LogP contribution in [-0.4, -0.2) is 55.2 Å². The molecule has 2 N–H and O–H groups in total. The highest BCUT2D eigenvalue weighted by molar-refractivity contribution is 5.94. The fraction of sp³-hybridized carbons (Fsp3) is 0.385. The number of hydrogen-bond donors (Lipinski definition) is 2. The molecule has 0 bridgehead atoms. The predicted octanol–water partition coefficient (Wildman–Crippen LogP) is 0.846. The lowest BCUT2D eigenvalue weighted by atomic mass is 10.1. The van der Waals surface area contributed by atoms with Crippen molar-refractivity contribution in [3.8, 4) is 0 Å². The smallest absolute Gasteiger partial charge is 0.337 e. The number of amides is 2. The van der Waals surface area contributed by atoms with Gasteiger partial charge in [0.05, 0.1) is 11.3 Å². The molecule has 0 radical (unpaired) electrons. The molecule has 19 heavy (non-hydrogen) atoms. The average molecular weight is 263 g/mol. The van der Waals surface area contributed by atoms with Gasteiger partial charge in [0.25, 0.3) is 0 Å². The highest BCUT2D eigenvalue weighted by Crippen LogP contribution is 2.21. The summed E-state index contributed by atoms with van der Waals surface area (Å²) in [6.45, 7) is 2.46. The minimum atomic E-state index is -0.927. The molecule has 2 rings (SSSR count). The van der Waals surface area contributed by atoms with Crippen LogP contribution in [0, 0.1) is 0 Å². The number of urea groups is 1. The number of aromatic carboxylic acids is 1. The van der Waals surface area contributed by atoms with Gasteiger partial charge in [0.15, 0.2) is 0 Å². The van der Waals surface area contributed by atoms with Gasteiger partial charge < -0.3 is 20.2 Å². The number of carboxylic acids is 1. The van der Waals surface area contributed by atoms with Gasteiger partial charge in [-0.05, 0) is 12.1 Å². The van der Waals surface area contributed by atoms with Crippen molar-refractivity contribution in [3.63, 3.8) is 0 Å². The second-order valence-corrected chi connectivity index (χ2v) is 4.35. The molecular formula is C13H17N3O3. The zero-order valence-corrected chi connectivity index (χ0v) is 10.8. The van der Waals surface area contributed by atoms with Gasteiger partial charge in [-0.2, -0.15) is 0 Å². The molecule has 2 amide bonds. The molecule has 0 spiro atoms. The van der Waals surface area contributed by atoms with Gasteiger partial charge in [0.1, 0.15) is 0 Å². The SMILES string of the molecule is CNC(=O)N1CCN(c2ccccc2C(=O)O)CC1. The van der Waals surface area contributed by atoms with Gasteiger partial charge >= 0.3 is 12.0 Å². The zero-order chi connectivity index (χ0) is 13.8. The second kappa shape index (κ2) is 5.60. The molecule has 0 atom stereocenters. The fourth-order valence-corrected chi connectivity index (χ4v) is 2.24. The van der Waals surface area contributed by atoms with E-state index in [1.165, 1.54) is 0 Å². The molecule has 6 nitrogen and oxygen atoms in total. The summed E-state index contributed by atoms with van der Waals surface area (Å²) in [7, 11) is 1.61. The molecule has 0 aromatic heterocycles. The standard InChI is InChI=1S/C13H17N3O3/c1-14-13(19)16-8-6-15(7-9-16)11-5-3-2-4-10(11)12(17)18/h2-5H,6-9H2,1H3,(H,14,19)(H,17,18). The van der Waals surface area contributed by atoms with Gasteiger partial charge in [-0.1, -0.05) is 12.1 Å². The van der Waals surface area contributed by atoms with Crippen LogP contribution in [0.25, 0.3) is 0 Å². The maximum Gasteiger partial charge on any atom is 0.337 e. The number of carboxylic acid groups (broad SMARTS) is 1. The van der Waals surface area contributed by atoms with Gasteiger partial charge in [-0.25, -0.2) is 9.59 Å². The second-order valence-electron chi connectivity index (χ2n) is 4.35. The molecule has 1 saturated heterocycles. The molecule has 1 aromatic rings. The van der Waals surface area contributed by atoms with E-state index in [-0.39, 0.29) is 6.03 Å². The van der Waals surface area contributed by atoms with Crippen molar-refractivity contribution in [2.45, 2.75) is 0 Å². The van der Waals surface area contributed by atoms with Crippen molar-refractivity contribution in [2.75, 3.05) is 38.1 Å². The lowest BCUT2D eigenvalue weighted by molar-refractivity contribution is 0.0697. The molecule has 1 fully saturated rings. The number of benzene rings is 1. The summed E-state index contributed by atoms with van der Waals surface area (Å²) in [5.74, 6) is -0.927. The van der Waals surface area contributed by atoms with E-state index in [1.807, 2.05) is 11.0 Å². The Labute approximate surface area is 111 Å². The lowest BCUT2D eigenvalue weighted by Gasteiger charge is -2.36. The van der Waals surface area contributed by atoms with E-state index in [2.05, 4.69) is 5.32 Å². The topological polar surface area (TPSA) is 72.9 Å². The fourth-order valence-electron chi connectivity index (χ4n) is 2.24. The van der Waals surface area contributed by atoms with Gasteiger partial charge in [-0.3, -0.25) is 0 Å². The third-order valence-corrected chi connectivity index (χ3v) is 3.26. The largest absolute Gasteiger partial charge is 0.478 e. The number of hydrogen-bond acceptors (Lipinski definition) is 3. The van der Waals surface area contributed by atoms with E-state index in [0.717, 1.165) is 0 Å². The molecule has 0 saturated carbocycles. The summed E-state index contributed by atoms with van der Waals surface area (Å²) in [6.07, 6.45) is 0. The van der Waals surface area contributed by atoms with Crippen LogP contribution in [0.15, 0.2) is 24.3 Å². The van der Waals surface area contributed by atoms with Gasteiger partial charge in [0.2, 0.25) is 0 Å². The van der Waals surface area contributed by atoms with E-state index in [0.29, 0.717) is 37.4 Å². The van der Waals surface area contributed by atoms with Crippen LogP contribution in [0.2, 0.25) is 0 Å². The first-order chi connectivity index (χ1) is 9.13. The van der Waals surface area contributed by atoms with E-state index < -0.39 is 5.97 Å². The number of anilines is 1. The van der Waals surface area contributed by atoms with Crippen LogP contribution in [0.3, 0.4) is 0 Å². The van der Waals surface area contributed by atoms with Crippen LogP contribution in [0.5, 0.6) is 0 Å². The number of nitrogens with zero attached hydrogens (tertiary/aromatic N) is 2. The Morgan fingerprint density at radius 3 is 2.37 bits per heavy atom. The van der Waals surface area contributed by atoms with Crippen LogP contribution in [-0.2, 0) is 0 Å². The van der Waals surface area contributed by atoms with Crippen molar-refractivity contribution in [3.05, 3.63) is 29.8 Å². The monoisotopic (exact) mass is 263 g/mol. The number of piperazine rings is 1. The predicted molar refractivity (Wildman–Crippen MR) is 71.6 cm³/mol. The molecule has 0 unspecified atom stereocenters. The summed E-state index contributed by atoms with van der Waals surface area (Å²) < 4.78 is 0. The highest BCUT2D eigenvalue weighted by atomic mass is 16.4. The molecule has 1 aromatic carbocycles. The first kappa shape index (κ1) is 13.2. The highest BCUT2D eigenvalue weighted by Gasteiger charge is 2.23.